The zero-order valence-electron chi connectivity index (χ0n) is 16.1. The Morgan fingerprint density at radius 2 is 1.93 bits per heavy atom. The SMILES string of the molecule is COc1ccc(-c2nnc(SC(C)C(=O)Nc3nnc(C)s3)n2C)cc1OC. The summed E-state index contributed by atoms with van der Waals surface area (Å²) in [5, 5.41) is 20.6. The number of thioether (sulfide) groups is 1. The van der Waals surface area contributed by atoms with Crippen molar-refractivity contribution >= 4 is 34.1 Å². The molecule has 0 aliphatic heterocycles. The Hall–Kier alpha value is -2.66. The fraction of sp³-hybridized carbons (Fsp3) is 0.353. The topological polar surface area (TPSA) is 104 Å². The molecule has 1 aromatic carbocycles. The first kappa shape index (κ1) is 20.1. The van der Waals surface area contributed by atoms with Gasteiger partial charge in [0.25, 0.3) is 0 Å². The highest BCUT2D eigenvalue weighted by molar-refractivity contribution is 8.00. The van der Waals surface area contributed by atoms with Crippen LogP contribution in [0.4, 0.5) is 5.13 Å². The van der Waals surface area contributed by atoms with Crippen LogP contribution >= 0.6 is 23.1 Å². The second kappa shape index (κ2) is 8.57. The van der Waals surface area contributed by atoms with Crippen molar-refractivity contribution in [3.05, 3.63) is 23.2 Å². The van der Waals surface area contributed by atoms with Crippen LogP contribution in [0.2, 0.25) is 0 Å². The van der Waals surface area contributed by atoms with Crippen molar-refractivity contribution in [1.29, 1.82) is 0 Å². The molecule has 0 bridgehead atoms. The van der Waals surface area contributed by atoms with Crippen LogP contribution in [0.25, 0.3) is 11.4 Å². The molecule has 1 N–H and O–H groups in total. The molecule has 3 aromatic rings. The smallest absolute Gasteiger partial charge is 0.239 e. The summed E-state index contributed by atoms with van der Waals surface area (Å²) in [6.45, 7) is 3.64. The number of hydrogen-bond acceptors (Lipinski definition) is 9. The van der Waals surface area contributed by atoms with Crippen molar-refractivity contribution in [1.82, 2.24) is 25.0 Å². The first-order valence-electron chi connectivity index (χ1n) is 8.32. The van der Waals surface area contributed by atoms with E-state index in [4.69, 9.17) is 9.47 Å². The van der Waals surface area contributed by atoms with Gasteiger partial charge in [0.05, 0.1) is 19.5 Å². The first-order valence-corrected chi connectivity index (χ1v) is 10.0. The number of benzene rings is 1. The molecule has 1 unspecified atom stereocenters. The number of ether oxygens (including phenoxy) is 2. The van der Waals surface area contributed by atoms with Crippen molar-refractivity contribution in [3.8, 4) is 22.9 Å². The maximum atomic E-state index is 12.4. The number of anilines is 1. The molecule has 0 aliphatic carbocycles. The normalized spacial score (nSPS) is 11.9. The summed E-state index contributed by atoms with van der Waals surface area (Å²) in [4.78, 5) is 12.4. The van der Waals surface area contributed by atoms with E-state index in [-0.39, 0.29) is 11.2 Å². The highest BCUT2D eigenvalue weighted by Crippen LogP contribution is 2.33. The van der Waals surface area contributed by atoms with E-state index in [0.29, 0.717) is 27.6 Å². The van der Waals surface area contributed by atoms with Gasteiger partial charge in [0, 0.05) is 12.6 Å². The highest BCUT2D eigenvalue weighted by atomic mass is 32.2. The number of methoxy groups -OCH3 is 2. The van der Waals surface area contributed by atoms with E-state index >= 15 is 0 Å². The van der Waals surface area contributed by atoms with Crippen LogP contribution in [-0.4, -0.2) is 50.3 Å². The Bertz CT molecular complexity index is 987. The molecule has 0 aliphatic rings. The summed E-state index contributed by atoms with van der Waals surface area (Å²) >= 11 is 2.65. The average molecular weight is 421 g/mol. The summed E-state index contributed by atoms with van der Waals surface area (Å²) < 4.78 is 12.5. The molecule has 148 valence electrons. The third-order valence-electron chi connectivity index (χ3n) is 3.88. The molecule has 0 saturated heterocycles. The Morgan fingerprint density at radius 1 is 1.18 bits per heavy atom. The molecule has 0 fully saturated rings. The summed E-state index contributed by atoms with van der Waals surface area (Å²) in [5.41, 5.74) is 0.834. The molecule has 11 heteroatoms. The van der Waals surface area contributed by atoms with E-state index in [2.05, 4.69) is 25.7 Å². The predicted octanol–water partition coefficient (Wildman–Crippen LogP) is 2.78. The van der Waals surface area contributed by atoms with Gasteiger partial charge in [-0.3, -0.25) is 10.1 Å². The number of aryl methyl sites for hydroxylation is 1. The largest absolute Gasteiger partial charge is 0.493 e. The van der Waals surface area contributed by atoms with E-state index in [9.17, 15) is 4.79 Å². The van der Waals surface area contributed by atoms with E-state index in [1.807, 2.05) is 36.7 Å². The third-order valence-corrected chi connectivity index (χ3v) is 5.77. The van der Waals surface area contributed by atoms with Gasteiger partial charge in [0.1, 0.15) is 5.01 Å². The van der Waals surface area contributed by atoms with Gasteiger partial charge >= 0.3 is 0 Å². The summed E-state index contributed by atoms with van der Waals surface area (Å²) in [7, 11) is 5.02. The zero-order chi connectivity index (χ0) is 20.3. The molecule has 0 radical (unpaired) electrons. The quantitative estimate of drug-likeness (QED) is 0.582. The van der Waals surface area contributed by atoms with Crippen LogP contribution < -0.4 is 14.8 Å². The van der Waals surface area contributed by atoms with Gasteiger partial charge in [0.15, 0.2) is 22.5 Å². The second-order valence-corrected chi connectivity index (χ2v) is 8.30. The van der Waals surface area contributed by atoms with Crippen LogP contribution in [-0.2, 0) is 11.8 Å². The Labute approximate surface area is 170 Å². The van der Waals surface area contributed by atoms with Crippen molar-refractivity contribution in [2.24, 2.45) is 7.05 Å². The van der Waals surface area contributed by atoms with Gasteiger partial charge < -0.3 is 14.0 Å². The van der Waals surface area contributed by atoms with E-state index in [0.717, 1.165) is 10.6 Å². The number of rotatable bonds is 7. The standard InChI is InChI=1S/C17H20N6O3S2/c1-9(15(24)18-16-21-19-10(2)28-16)27-17-22-20-14(23(17)3)11-6-7-12(25-4)13(8-11)26-5/h6-9H,1-5H3,(H,18,21,24). The van der Waals surface area contributed by atoms with Crippen molar-refractivity contribution in [2.75, 3.05) is 19.5 Å². The minimum Gasteiger partial charge on any atom is -0.493 e. The summed E-state index contributed by atoms with van der Waals surface area (Å²) in [6.07, 6.45) is 0. The molecule has 1 atom stereocenters. The van der Waals surface area contributed by atoms with Crippen molar-refractivity contribution < 1.29 is 14.3 Å². The lowest BCUT2D eigenvalue weighted by Gasteiger charge is -2.11. The molecule has 2 aromatic heterocycles. The molecular formula is C17H20N6O3S2. The van der Waals surface area contributed by atoms with Crippen LogP contribution in [0, 0.1) is 6.92 Å². The van der Waals surface area contributed by atoms with Gasteiger partial charge in [-0.1, -0.05) is 23.1 Å². The molecular weight excluding hydrogens is 400 g/mol. The summed E-state index contributed by atoms with van der Waals surface area (Å²) in [6, 6.07) is 5.54. The van der Waals surface area contributed by atoms with E-state index in [1.54, 1.807) is 21.1 Å². The van der Waals surface area contributed by atoms with Crippen molar-refractivity contribution in [3.63, 3.8) is 0 Å². The number of carbonyl (C=O) groups excluding carboxylic acids is 1. The molecule has 0 saturated carbocycles. The number of amides is 1. The molecule has 2 heterocycles. The number of carbonyl (C=O) groups is 1. The lowest BCUT2D eigenvalue weighted by Crippen LogP contribution is -2.22. The maximum absolute atomic E-state index is 12.4. The number of hydrogen-bond donors (Lipinski definition) is 1. The van der Waals surface area contributed by atoms with Gasteiger partial charge in [-0.25, -0.2) is 0 Å². The van der Waals surface area contributed by atoms with E-state index < -0.39 is 0 Å². The average Bonchev–Trinajstić information content (AvgIpc) is 3.26. The molecule has 0 spiro atoms. The first-order chi connectivity index (χ1) is 13.4. The zero-order valence-corrected chi connectivity index (χ0v) is 17.7. The number of aromatic nitrogens is 5. The molecule has 3 rings (SSSR count). The fourth-order valence-corrected chi connectivity index (χ4v) is 3.82. The van der Waals surface area contributed by atoms with Crippen LogP contribution in [0.3, 0.4) is 0 Å². The van der Waals surface area contributed by atoms with Gasteiger partial charge in [-0.05, 0) is 32.0 Å². The Morgan fingerprint density at radius 3 is 2.57 bits per heavy atom. The minimum atomic E-state index is -0.384. The van der Waals surface area contributed by atoms with E-state index in [1.165, 1.54) is 23.1 Å². The lowest BCUT2D eigenvalue weighted by atomic mass is 10.2. The maximum Gasteiger partial charge on any atom is 0.239 e. The monoisotopic (exact) mass is 420 g/mol. The fourth-order valence-electron chi connectivity index (χ4n) is 2.41. The highest BCUT2D eigenvalue weighted by Gasteiger charge is 2.21. The summed E-state index contributed by atoms with van der Waals surface area (Å²) in [5.74, 6) is 1.74. The Balaban J connectivity index is 1.74. The van der Waals surface area contributed by atoms with Gasteiger partial charge in [0.2, 0.25) is 11.0 Å². The van der Waals surface area contributed by atoms with Gasteiger partial charge in [-0.15, -0.1) is 20.4 Å². The van der Waals surface area contributed by atoms with Crippen LogP contribution in [0.1, 0.15) is 11.9 Å². The van der Waals surface area contributed by atoms with Crippen LogP contribution in [0.15, 0.2) is 23.4 Å². The molecule has 9 nitrogen and oxygen atoms in total. The van der Waals surface area contributed by atoms with Crippen LogP contribution in [0.5, 0.6) is 11.5 Å². The van der Waals surface area contributed by atoms with Gasteiger partial charge in [-0.2, -0.15) is 0 Å². The Kier molecular flexibility index (Phi) is 6.15. The third kappa shape index (κ3) is 4.25. The molecule has 28 heavy (non-hydrogen) atoms. The number of nitrogens with one attached hydrogen (secondary N) is 1. The number of nitrogens with zero attached hydrogens (tertiary/aromatic N) is 5. The molecule has 1 amide bonds. The minimum absolute atomic E-state index is 0.170. The second-order valence-electron chi connectivity index (χ2n) is 5.81. The predicted molar refractivity (Wildman–Crippen MR) is 108 cm³/mol. The lowest BCUT2D eigenvalue weighted by molar-refractivity contribution is -0.115. The van der Waals surface area contributed by atoms with Crippen molar-refractivity contribution in [2.45, 2.75) is 24.3 Å².